The number of methoxy groups -OCH3 is 1. The lowest BCUT2D eigenvalue weighted by Crippen LogP contribution is -2.27. The number of hydrazone groups is 1. The highest BCUT2D eigenvalue weighted by molar-refractivity contribution is 6.04. The zero-order valence-corrected chi connectivity index (χ0v) is 14.1. The molecule has 0 unspecified atom stereocenters. The Morgan fingerprint density at radius 2 is 2.00 bits per heavy atom. The Bertz CT molecular complexity index is 1070. The van der Waals surface area contributed by atoms with Crippen molar-refractivity contribution >= 4 is 22.9 Å². The van der Waals surface area contributed by atoms with Gasteiger partial charge in [0.25, 0.3) is 11.5 Å². The first-order chi connectivity index (χ1) is 12.5. The van der Waals surface area contributed by atoms with Crippen molar-refractivity contribution in [3.05, 3.63) is 64.1 Å². The predicted molar refractivity (Wildman–Crippen MR) is 96.7 cm³/mol. The van der Waals surface area contributed by atoms with Crippen LogP contribution in [0.4, 0.5) is 0 Å². The summed E-state index contributed by atoms with van der Waals surface area (Å²) < 4.78 is 6.08. The fourth-order valence-electron chi connectivity index (χ4n) is 2.47. The first-order valence-corrected chi connectivity index (χ1v) is 7.67. The number of fused-ring (bicyclic) bond motifs is 1. The number of rotatable bonds is 4. The van der Waals surface area contributed by atoms with E-state index in [4.69, 9.17) is 4.74 Å². The molecule has 0 bridgehead atoms. The van der Waals surface area contributed by atoms with E-state index in [-0.39, 0.29) is 17.0 Å². The topological polar surface area (TPSA) is 106 Å². The molecular weight excluding hydrogens is 336 g/mol. The van der Waals surface area contributed by atoms with Gasteiger partial charge in [-0.25, -0.2) is 10.1 Å². The van der Waals surface area contributed by atoms with Crippen molar-refractivity contribution in [2.45, 2.75) is 0 Å². The molecule has 0 aliphatic heterocycles. The number of hydrogen-bond acceptors (Lipinski definition) is 6. The van der Waals surface area contributed by atoms with Crippen LogP contribution >= 0.6 is 0 Å². The summed E-state index contributed by atoms with van der Waals surface area (Å²) in [5, 5.41) is 18.5. The van der Waals surface area contributed by atoms with Crippen LogP contribution in [0.5, 0.6) is 11.5 Å². The molecule has 0 aliphatic rings. The molecule has 0 aliphatic carbocycles. The SMILES string of the molecule is COc1ccc(/C=N\NC(=O)c2nn(C)c(=O)c3ccccc23)cc1O. The molecule has 0 spiro atoms. The van der Waals surface area contributed by atoms with Crippen molar-refractivity contribution in [1.29, 1.82) is 0 Å². The van der Waals surface area contributed by atoms with Crippen LogP contribution in [-0.2, 0) is 7.05 Å². The van der Waals surface area contributed by atoms with Gasteiger partial charge in [-0.05, 0) is 29.8 Å². The second-order valence-corrected chi connectivity index (χ2v) is 5.45. The number of aromatic nitrogens is 2. The predicted octanol–water partition coefficient (Wildman–Crippen LogP) is 1.41. The summed E-state index contributed by atoms with van der Waals surface area (Å²) in [6, 6.07) is 11.5. The Morgan fingerprint density at radius 3 is 2.69 bits per heavy atom. The maximum atomic E-state index is 12.4. The normalized spacial score (nSPS) is 11.0. The highest BCUT2D eigenvalue weighted by Gasteiger charge is 2.14. The van der Waals surface area contributed by atoms with E-state index in [2.05, 4.69) is 15.6 Å². The minimum Gasteiger partial charge on any atom is -0.504 e. The number of nitrogens with one attached hydrogen (secondary N) is 1. The molecule has 2 aromatic carbocycles. The summed E-state index contributed by atoms with van der Waals surface area (Å²) in [6.45, 7) is 0. The Labute approximate surface area is 148 Å². The molecule has 1 amide bonds. The molecule has 1 aromatic heterocycles. The summed E-state index contributed by atoms with van der Waals surface area (Å²) in [4.78, 5) is 24.5. The quantitative estimate of drug-likeness (QED) is 0.545. The van der Waals surface area contributed by atoms with E-state index in [1.165, 1.54) is 26.4 Å². The average Bonchev–Trinajstić information content (AvgIpc) is 2.65. The van der Waals surface area contributed by atoms with Gasteiger partial charge in [0, 0.05) is 12.4 Å². The van der Waals surface area contributed by atoms with Gasteiger partial charge in [0.1, 0.15) is 0 Å². The zero-order chi connectivity index (χ0) is 18.7. The molecule has 0 atom stereocenters. The van der Waals surface area contributed by atoms with Crippen molar-refractivity contribution in [3.8, 4) is 11.5 Å². The Morgan fingerprint density at radius 1 is 1.27 bits per heavy atom. The van der Waals surface area contributed by atoms with Crippen LogP contribution in [0, 0.1) is 0 Å². The number of phenolic OH excluding ortho intramolecular Hbond substituents is 1. The molecule has 0 saturated carbocycles. The van der Waals surface area contributed by atoms with Gasteiger partial charge in [0.05, 0.1) is 18.7 Å². The van der Waals surface area contributed by atoms with E-state index in [9.17, 15) is 14.7 Å². The van der Waals surface area contributed by atoms with Crippen LogP contribution < -0.4 is 15.7 Å². The van der Waals surface area contributed by atoms with Crippen molar-refractivity contribution in [2.75, 3.05) is 7.11 Å². The molecule has 26 heavy (non-hydrogen) atoms. The van der Waals surface area contributed by atoms with Crippen LogP contribution in [0.15, 0.2) is 52.4 Å². The lowest BCUT2D eigenvalue weighted by Gasteiger charge is -2.06. The van der Waals surface area contributed by atoms with Crippen molar-refractivity contribution in [1.82, 2.24) is 15.2 Å². The standard InChI is InChI=1S/C18H16N4O4/c1-22-18(25)13-6-4-3-5-12(13)16(21-22)17(24)20-19-10-11-7-8-15(26-2)14(23)9-11/h3-10,23H,1-2H3,(H,20,24)/b19-10-. The average molecular weight is 352 g/mol. The van der Waals surface area contributed by atoms with E-state index in [1.807, 2.05) is 0 Å². The summed E-state index contributed by atoms with van der Waals surface area (Å²) in [6.07, 6.45) is 1.38. The highest BCUT2D eigenvalue weighted by atomic mass is 16.5. The largest absolute Gasteiger partial charge is 0.504 e. The first-order valence-electron chi connectivity index (χ1n) is 7.67. The number of hydrogen-bond donors (Lipinski definition) is 2. The van der Waals surface area contributed by atoms with Gasteiger partial charge in [-0.3, -0.25) is 9.59 Å². The number of benzene rings is 2. The number of aromatic hydroxyl groups is 1. The molecular formula is C18H16N4O4. The van der Waals surface area contributed by atoms with Gasteiger partial charge >= 0.3 is 0 Å². The fourth-order valence-corrected chi connectivity index (χ4v) is 2.47. The van der Waals surface area contributed by atoms with Gasteiger partial charge in [0.15, 0.2) is 17.2 Å². The third kappa shape index (κ3) is 3.25. The van der Waals surface area contributed by atoms with Crippen LogP contribution in [0.25, 0.3) is 10.8 Å². The summed E-state index contributed by atoms with van der Waals surface area (Å²) in [5.41, 5.74) is 2.76. The van der Waals surface area contributed by atoms with E-state index in [1.54, 1.807) is 36.4 Å². The van der Waals surface area contributed by atoms with E-state index < -0.39 is 5.91 Å². The van der Waals surface area contributed by atoms with E-state index in [0.29, 0.717) is 22.1 Å². The van der Waals surface area contributed by atoms with Gasteiger partial charge in [-0.15, -0.1) is 0 Å². The van der Waals surface area contributed by atoms with Gasteiger partial charge < -0.3 is 9.84 Å². The maximum absolute atomic E-state index is 12.4. The van der Waals surface area contributed by atoms with Crippen molar-refractivity contribution < 1.29 is 14.6 Å². The van der Waals surface area contributed by atoms with Crippen LogP contribution in [0.2, 0.25) is 0 Å². The number of phenols is 1. The van der Waals surface area contributed by atoms with E-state index >= 15 is 0 Å². The highest BCUT2D eigenvalue weighted by Crippen LogP contribution is 2.25. The third-order valence-electron chi connectivity index (χ3n) is 3.75. The molecule has 8 heteroatoms. The van der Waals surface area contributed by atoms with Gasteiger partial charge in [-0.2, -0.15) is 10.2 Å². The minimum absolute atomic E-state index is 0.0338. The number of amides is 1. The Kier molecular flexibility index (Phi) is 4.66. The smallest absolute Gasteiger partial charge is 0.292 e. The Hall–Kier alpha value is -3.68. The van der Waals surface area contributed by atoms with E-state index in [0.717, 1.165) is 4.68 Å². The first kappa shape index (κ1) is 17.2. The Balaban J connectivity index is 1.85. The molecule has 2 N–H and O–H groups in total. The van der Waals surface area contributed by atoms with Gasteiger partial charge in [-0.1, -0.05) is 18.2 Å². The monoisotopic (exact) mass is 352 g/mol. The number of nitrogens with zero attached hydrogens (tertiary/aromatic N) is 3. The maximum Gasteiger partial charge on any atom is 0.292 e. The molecule has 3 aromatic rings. The molecule has 0 saturated heterocycles. The fraction of sp³-hybridized carbons (Fsp3) is 0.111. The lowest BCUT2D eigenvalue weighted by atomic mass is 10.1. The molecule has 0 fully saturated rings. The second-order valence-electron chi connectivity index (χ2n) is 5.45. The number of aryl methyl sites for hydroxylation is 1. The summed E-state index contributed by atoms with van der Waals surface area (Å²) in [7, 11) is 2.93. The van der Waals surface area contributed by atoms with Crippen LogP contribution in [0.3, 0.4) is 0 Å². The summed E-state index contributed by atoms with van der Waals surface area (Å²) in [5.74, 6) is -0.244. The van der Waals surface area contributed by atoms with Crippen LogP contribution in [0.1, 0.15) is 16.1 Å². The van der Waals surface area contributed by atoms with Crippen molar-refractivity contribution in [2.24, 2.45) is 12.1 Å². The molecule has 132 valence electrons. The minimum atomic E-state index is -0.550. The lowest BCUT2D eigenvalue weighted by molar-refractivity contribution is 0.0950. The molecule has 8 nitrogen and oxygen atoms in total. The zero-order valence-electron chi connectivity index (χ0n) is 14.1. The molecule has 0 radical (unpaired) electrons. The van der Waals surface area contributed by atoms with Gasteiger partial charge in [0.2, 0.25) is 0 Å². The number of carbonyl (C=O) groups is 1. The number of ether oxygens (including phenoxy) is 1. The second kappa shape index (κ2) is 7.06. The number of carbonyl (C=O) groups excluding carboxylic acids is 1. The van der Waals surface area contributed by atoms with Crippen molar-refractivity contribution in [3.63, 3.8) is 0 Å². The van der Waals surface area contributed by atoms with Crippen LogP contribution in [-0.4, -0.2) is 34.1 Å². The molecule has 3 rings (SSSR count). The molecule has 1 heterocycles. The third-order valence-corrected chi connectivity index (χ3v) is 3.75. The summed E-state index contributed by atoms with van der Waals surface area (Å²) >= 11 is 0.